The number of nitrogens with zero attached hydrogens (tertiary/aromatic N) is 4. The summed E-state index contributed by atoms with van der Waals surface area (Å²) in [4.78, 5) is 16.3. The molecule has 1 aliphatic heterocycles. The molecular weight excluding hydrogens is 242 g/mol. The number of nitrogens with two attached hydrogens (primary N) is 1. The van der Waals surface area contributed by atoms with Gasteiger partial charge in [-0.2, -0.15) is 5.10 Å². The summed E-state index contributed by atoms with van der Waals surface area (Å²) in [5, 5.41) is 4.22. The quantitative estimate of drug-likeness (QED) is 0.849. The largest absolute Gasteiger partial charge is 0.396 e. The second-order valence-electron chi connectivity index (χ2n) is 5.06. The molecule has 0 bridgehead atoms. The number of amides is 1. The van der Waals surface area contributed by atoms with Gasteiger partial charge in [-0.3, -0.25) is 9.48 Å². The Kier molecular flexibility index (Phi) is 4.42. The van der Waals surface area contributed by atoms with Crippen molar-refractivity contribution in [2.24, 2.45) is 0 Å². The summed E-state index contributed by atoms with van der Waals surface area (Å²) in [5.74, 6) is -0.0936. The average molecular weight is 265 g/mol. The fourth-order valence-corrected chi connectivity index (χ4v) is 2.34. The van der Waals surface area contributed by atoms with Gasteiger partial charge in [-0.15, -0.1) is 0 Å². The Labute approximate surface area is 114 Å². The zero-order valence-corrected chi connectivity index (χ0v) is 11.8. The number of likely N-dealkylation sites (N-methyl/N-ethyl adjacent to an activating group) is 1. The van der Waals surface area contributed by atoms with Crippen LogP contribution in [0.3, 0.4) is 0 Å². The number of nitrogen functional groups attached to an aromatic ring is 1. The van der Waals surface area contributed by atoms with E-state index in [2.05, 4.69) is 10.00 Å². The highest BCUT2D eigenvalue weighted by Gasteiger charge is 2.20. The molecule has 1 amide bonds. The number of likely N-dealkylation sites (tertiary alicyclic amines) is 1. The van der Waals surface area contributed by atoms with Crippen LogP contribution in [0, 0.1) is 0 Å². The topological polar surface area (TPSA) is 67.4 Å². The van der Waals surface area contributed by atoms with E-state index in [1.165, 1.54) is 12.8 Å². The van der Waals surface area contributed by atoms with Crippen molar-refractivity contribution in [3.8, 4) is 0 Å². The van der Waals surface area contributed by atoms with Crippen LogP contribution in [0.2, 0.25) is 0 Å². The third kappa shape index (κ3) is 3.26. The maximum absolute atomic E-state index is 12.3. The number of aryl methyl sites for hydroxylation is 1. The minimum atomic E-state index is -0.0936. The number of rotatable bonds is 5. The summed E-state index contributed by atoms with van der Waals surface area (Å²) in [6.07, 6.45) is 4.25. The first kappa shape index (κ1) is 13.9. The molecule has 0 aromatic carbocycles. The van der Waals surface area contributed by atoms with Crippen LogP contribution < -0.4 is 5.73 Å². The second kappa shape index (κ2) is 6.06. The highest BCUT2D eigenvalue weighted by molar-refractivity contribution is 5.96. The molecule has 0 spiro atoms. The van der Waals surface area contributed by atoms with Crippen LogP contribution in [0.25, 0.3) is 0 Å². The van der Waals surface area contributed by atoms with Crippen molar-refractivity contribution in [2.45, 2.75) is 26.3 Å². The van der Waals surface area contributed by atoms with Crippen molar-refractivity contribution in [1.82, 2.24) is 19.6 Å². The summed E-state index contributed by atoms with van der Waals surface area (Å²) in [5.41, 5.74) is 6.66. The maximum atomic E-state index is 12.3. The normalized spacial score (nSPS) is 15.9. The van der Waals surface area contributed by atoms with Gasteiger partial charge < -0.3 is 15.5 Å². The van der Waals surface area contributed by atoms with Crippen LogP contribution in [0.5, 0.6) is 0 Å². The first-order chi connectivity index (χ1) is 9.11. The van der Waals surface area contributed by atoms with Crippen LogP contribution in [0.15, 0.2) is 6.20 Å². The van der Waals surface area contributed by atoms with E-state index in [0.29, 0.717) is 11.4 Å². The predicted molar refractivity (Wildman–Crippen MR) is 74.9 cm³/mol. The molecule has 1 aliphatic rings. The molecule has 1 fully saturated rings. The van der Waals surface area contributed by atoms with Crippen LogP contribution >= 0.6 is 0 Å². The van der Waals surface area contributed by atoms with E-state index in [1.807, 2.05) is 14.0 Å². The molecule has 2 heterocycles. The lowest BCUT2D eigenvalue weighted by molar-refractivity contribution is 0.0776. The molecule has 1 aromatic heterocycles. The Morgan fingerprint density at radius 3 is 2.74 bits per heavy atom. The molecule has 1 aromatic rings. The third-order valence-corrected chi connectivity index (χ3v) is 3.61. The molecule has 19 heavy (non-hydrogen) atoms. The molecular formula is C13H23N5O. The van der Waals surface area contributed by atoms with E-state index < -0.39 is 0 Å². The minimum absolute atomic E-state index is 0.0936. The van der Waals surface area contributed by atoms with Gasteiger partial charge in [-0.05, 0) is 32.9 Å². The smallest absolute Gasteiger partial charge is 0.276 e. The lowest BCUT2D eigenvalue weighted by Gasteiger charge is -2.20. The van der Waals surface area contributed by atoms with Gasteiger partial charge in [0.2, 0.25) is 0 Å². The molecule has 2 N–H and O–H groups in total. The summed E-state index contributed by atoms with van der Waals surface area (Å²) < 4.78 is 1.69. The highest BCUT2D eigenvalue weighted by atomic mass is 16.2. The second-order valence-corrected chi connectivity index (χ2v) is 5.06. The van der Waals surface area contributed by atoms with Crippen LogP contribution in [-0.4, -0.2) is 58.7 Å². The number of aromatic nitrogens is 2. The zero-order valence-electron chi connectivity index (χ0n) is 11.8. The van der Waals surface area contributed by atoms with Gasteiger partial charge in [0.15, 0.2) is 5.69 Å². The molecule has 6 heteroatoms. The van der Waals surface area contributed by atoms with E-state index in [1.54, 1.807) is 15.8 Å². The number of hydrogen-bond donors (Lipinski definition) is 1. The fourth-order valence-electron chi connectivity index (χ4n) is 2.34. The number of hydrogen-bond acceptors (Lipinski definition) is 4. The van der Waals surface area contributed by atoms with Crippen LogP contribution in [-0.2, 0) is 6.54 Å². The Morgan fingerprint density at radius 1 is 1.47 bits per heavy atom. The van der Waals surface area contributed by atoms with Gasteiger partial charge in [0, 0.05) is 32.9 Å². The van der Waals surface area contributed by atoms with Gasteiger partial charge in [0.1, 0.15) is 0 Å². The van der Waals surface area contributed by atoms with E-state index in [4.69, 9.17) is 5.73 Å². The standard InChI is InChI=1S/C13H23N5O/c1-3-18-10-11(14)12(15-18)13(19)16(2)8-9-17-6-4-5-7-17/h10H,3-9,14H2,1-2H3. The average Bonchev–Trinajstić information content (AvgIpc) is 3.04. The van der Waals surface area contributed by atoms with Crippen LogP contribution in [0.1, 0.15) is 30.3 Å². The molecule has 2 rings (SSSR count). The highest BCUT2D eigenvalue weighted by Crippen LogP contribution is 2.12. The number of carbonyl (C=O) groups excluding carboxylic acids is 1. The lowest BCUT2D eigenvalue weighted by Crippen LogP contribution is -2.35. The molecule has 106 valence electrons. The Bertz CT molecular complexity index is 436. The summed E-state index contributed by atoms with van der Waals surface area (Å²) in [6, 6.07) is 0. The summed E-state index contributed by atoms with van der Waals surface area (Å²) in [7, 11) is 1.81. The van der Waals surface area contributed by atoms with Gasteiger partial charge in [-0.25, -0.2) is 0 Å². The molecule has 0 radical (unpaired) electrons. The number of carbonyl (C=O) groups is 1. The monoisotopic (exact) mass is 265 g/mol. The summed E-state index contributed by atoms with van der Waals surface area (Å²) >= 11 is 0. The minimum Gasteiger partial charge on any atom is -0.396 e. The molecule has 1 saturated heterocycles. The molecule has 0 unspecified atom stereocenters. The molecule has 0 atom stereocenters. The van der Waals surface area contributed by atoms with Crippen molar-refractivity contribution in [3.05, 3.63) is 11.9 Å². The Balaban J connectivity index is 1.91. The van der Waals surface area contributed by atoms with E-state index >= 15 is 0 Å². The van der Waals surface area contributed by atoms with Gasteiger partial charge in [0.05, 0.1) is 5.69 Å². The first-order valence-electron chi connectivity index (χ1n) is 6.92. The SMILES string of the molecule is CCn1cc(N)c(C(=O)N(C)CCN2CCCC2)n1. The van der Waals surface area contributed by atoms with Gasteiger partial charge in [0.25, 0.3) is 5.91 Å². The summed E-state index contributed by atoms with van der Waals surface area (Å²) in [6.45, 7) is 6.63. The van der Waals surface area contributed by atoms with Gasteiger partial charge >= 0.3 is 0 Å². The van der Waals surface area contributed by atoms with Crippen molar-refractivity contribution < 1.29 is 4.79 Å². The van der Waals surface area contributed by atoms with Crippen LogP contribution in [0.4, 0.5) is 5.69 Å². The van der Waals surface area contributed by atoms with E-state index in [9.17, 15) is 4.79 Å². The van der Waals surface area contributed by atoms with Crippen molar-refractivity contribution in [2.75, 3.05) is 39.0 Å². The zero-order chi connectivity index (χ0) is 13.8. The van der Waals surface area contributed by atoms with E-state index in [-0.39, 0.29) is 5.91 Å². The van der Waals surface area contributed by atoms with Crippen molar-refractivity contribution >= 4 is 11.6 Å². The van der Waals surface area contributed by atoms with E-state index in [0.717, 1.165) is 32.7 Å². The Morgan fingerprint density at radius 2 is 2.16 bits per heavy atom. The van der Waals surface area contributed by atoms with Crippen molar-refractivity contribution in [1.29, 1.82) is 0 Å². The maximum Gasteiger partial charge on any atom is 0.276 e. The predicted octanol–water partition coefficient (Wildman–Crippen LogP) is 0.653. The van der Waals surface area contributed by atoms with Crippen molar-refractivity contribution in [3.63, 3.8) is 0 Å². The molecule has 0 aliphatic carbocycles. The lowest BCUT2D eigenvalue weighted by atomic mass is 10.3. The first-order valence-corrected chi connectivity index (χ1v) is 6.92. The molecule has 6 nitrogen and oxygen atoms in total. The third-order valence-electron chi connectivity index (χ3n) is 3.61. The number of anilines is 1. The Hall–Kier alpha value is -1.56. The van der Waals surface area contributed by atoms with Gasteiger partial charge in [-0.1, -0.05) is 0 Å². The molecule has 0 saturated carbocycles. The fraction of sp³-hybridized carbons (Fsp3) is 0.692.